The van der Waals surface area contributed by atoms with Crippen LogP contribution in [0.25, 0.3) is 11.1 Å². The Labute approximate surface area is 123 Å². The van der Waals surface area contributed by atoms with Gasteiger partial charge in [-0.05, 0) is 30.3 Å². The molecule has 0 aliphatic rings. The van der Waals surface area contributed by atoms with Gasteiger partial charge in [0.25, 0.3) is 6.01 Å². The summed E-state index contributed by atoms with van der Waals surface area (Å²) in [7, 11) is 0. The fraction of sp³-hybridized carbons (Fsp3) is 0. The molecule has 0 amide bonds. The van der Waals surface area contributed by atoms with Gasteiger partial charge in [-0.25, -0.2) is 0 Å². The van der Waals surface area contributed by atoms with Gasteiger partial charge in [-0.3, -0.25) is 0 Å². The largest absolute Gasteiger partial charge is 0.423 e. The summed E-state index contributed by atoms with van der Waals surface area (Å²) in [6.45, 7) is 0. The number of rotatable bonds is 2. The van der Waals surface area contributed by atoms with E-state index in [1.54, 1.807) is 30.3 Å². The number of aromatic nitrogens is 1. The molecule has 0 spiro atoms. The van der Waals surface area contributed by atoms with Gasteiger partial charge < -0.3 is 15.5 Å². The third-order valence-corrected chi connectivity index (χ3v) is 3.29. The van der Waals surface area contributed by atoms with Crippen LogP contribution in [0.4, 0.5) is 17.4 Å². The number of para-hydroxylation sites is 1. The van der Waals surface area contributed by atoms with Crippen LogP contribution >= 0.6 is 15.9 Å². The van der Waals surface area contributed by atoms with Crippen molar-refractivity contribution >= 4 is 44.4 Å². The molecular weight excluding hydrogens is 320 g/mol. The predicted octanol–water partition coefficient (Wildman–Crippen LogP) is 3.79. The number of nitrogen functional groups attached to an aromatic ring is 1. The molecule has 0 saturated heterocycles. The summed E-state index contributed by atoms with van der Waals surface area (Å²) in [5, 5.41) is 12.1. The monoisotopic (exact) mass is 328 g/mol. The van der Waals surface area contributed by atoms with Crippen LogP contribution in [0, 0.1) is 11.3 Å². The van der Waals surface area contributed by atoms with Gasteiger partial charge in [0.1, 0.15) is 11.6 Å². The van der Waals surface area contributed by atoms with Crippen molar-refractivity contribution in [3.05, 3.63) is 46.4 Å². The molecule has 0 bridgehead atoms. The molecule has 0 aliphatic heterocycles. The average Bonchev–Trinajstić information content (AvgIpc) is 2.85. The number of nitrogens with two attached hydrogens (primary N) is 1. The molecule has 3 rings (SSSR count). The minimum Gasteiger partial charge on any atom is -0.423 e. The van der Waals surface area contributed by atoms with E-state index >= 15 is 0 Å². The Morgan fingerprint density at radius 3 is 2.90 bits per heavy atom. The molecule has 20 heavy (non-hydrogen) atoms. The normalized spacial score (nSPS) is 10.4. The van der Waals surface area contributed by atoms with Gasteiger partial charge >= 0.3 is 0 Å². The van der Waals surface area contributed by atoms with Crippen LogP contribution in [0.3, 0.4) is 0 Å². The van der Waals surface area contributed by atoms with Crippen molar-refractivity contribution in [2.75, 3.05) is 11.1 Å². The molecule has 0 fully saturated rings. The molecule has 98 valence electrons. The first kappa shape index (κ1) is 12.5. The Morgan fingerprint density at radius 1 is 1.30 bits per heavy atom. The zero-order valence-corrected chi connectivity index (χ0v) is 11.8. The molecule has 5 nitrogen and oxygen atoms in total. The number of halogens is 1. The molecule has 2 aromatic carbocycles. The SMILES string of the molecule is N#Cc1cc(Br)ccc1Nc1nc2c(N)cccc2o1. The maximum absolute atomic E-state index is 9.12. The molecule has 3 N–H and O–H groups in total. The Bertz CT molecular complexity index is 835. The van der Waals surface area contributed by atoms with E-state index in [0.29, 0.717) is 34.1 Å². The first-order valence-electron chi connectivity index (χ1n) is 5.79. The van der Waals surface area contributed by atoms with E-state index in [1.807, 2.05) is 6.07 Å². The predicted molar refractivity (Wildman–Crippen MR) is 80.6 cm³/mol. The highest BCUT2D eigenvalue weighted by Gasteiger charge is 2.10. The Kier molecular flexibility index (Phi) is 3.05. The van der Waals surface area contributed by atoms with Gasteiger partial charge in [0, 0.05) is 4.47 Å². The van der Waals surface area contributed by atoms with Crippen LogP contribution in [0.15, 0.2) is 45.3 Å². The molecule has 6 heteroatoms. The third kappa shape index (κ3) is 2.19. The topological polar surface area (TPSA) is 87.9 Å². The lowest BCUT2D eigenvalue weighted by molar-refractivity contribution is 0.623. The van der Waals surface area contributed by atoms with Gasteiger partial charge in [-0.2, -0.15) is 10.2 Å². The smallest absolute Gasteiger partial charge is 0.300 e. The van der Waals surface area contributed by atoms with Crippen molar-refractivity contribution in [1.29, 1.82) is 5.26 Å². The van der Waals surface area contributed by atoms with Crippen LogP contribution < -0.4 is 11.1 Å². The first-order chi connectivity index (χ1) is 9.67. The van der Waals surface area contributed by atoms with Crippen LogP contribution in [0.1, 0.15) is 5.56 Å². The minimum atomic E-state index is 0.303. The van der Waals surface area contributed by atoms with Crippen molar-refractivity contribution in [2.45, 2.75) is 0 Å². The highest BCUT2D eigenvalue weighted by molar-refractivity contribution is 9.10. The third-order valence-electron chi connectivity index (χ3n) is 2.79. The lowest BCUT2D eigenvalue weighted by atomic mass is 10.2. The second kappa shape index (κ2) is 4.87. The number of nitriles is 1. The highest BCUT2D eigenvalue weighted by atomic mass is 79.9. The van der Waals surface area contributed by atoms with Gasteiger partial charge in [0.15, 0.2) is 5.58 Å². The Hall–Kier alpha value is -2.52. The van der Waals surface area contributed by atoms with Crippen molar-refractivity contribution in [3.8, 4) is 6.07 Å². The van der Waals surface area contributed by atoms with Crippen LogP contribution in [-0.4, -0.2) is 4.98 Å². The van der Waals surface area contributed by atoms with Gasteiger partial charge in [0.2, 0.25) is 0 Å². The molecular formula is C14H9BrN4O. The molecule has 3 aromatic rings. The van der Waals surface area contributed by atoms with Crippen molar-refractivity contribution in [3.63, 3.8) is 0 Å². The summed E-state index contributed by atoms with van der Waals surface area (Å²) in [6.07, 6.45) is 0. The highest BCUT2D eigenvalue weighted by Crippen LogP contribution is 2.28. The Balaban J connectivity index is 2.02. The average molecular weight is 329 g/mol. The van der Waals surface area contributed by atoms with Gasteiger partial charge in [-0.15, -0.1) is 0 Å². The van der Waals surface area contributed by atoms with Crippen molar-refractivity contribution < 1.29 is 4.42 Å². The fourth-order valence-electron chi connectivity index (χ4n) is 1.86. The maximum Gasteiger partial charge on any atom is 0.300 e. The molecule has 0 saturated carbocycles. The van der Waals surface area contributed by atoms with E-state index in [4.69, 9.17) is 15.4 Å². The Morgan fingerprint density at radius 2 is 2.15 bits per heavy atom. The zero-order chi connectivity index (χ0) is 14.1. The number of nitrogens with one attached hydrogen (secondary N) is 1. The van der Waals surface area contributed by atoms with E-state index in [1.165, 1.54) is 0 Å². The van der Waals surface area contributed by atoms with Crippen LogP contribution in [0.5, 0.6) is 0 Å². The lowest BCUT2D eigenvalue weighted by Crippen LogP contribution is -1.93. The second-order valence-corrected chi connectivity index (χ2v) is 5.06. The van der Waals surface area contributed by atoms with Crippen LogP contribution in [0.2, 0.25) is 0 Å². The lowest BCUT2D eigenvalue weighted by Gasteiger charge is -2.03. The molecule has 0 radical (unpaired) electrons. The summed E-state index contributed by atoms with van der Waals surface area (Å²) in [4.78, 5) is 4.28. The molecule has 1 aromatic heterocycles. The molecule has 1 heterocycles. The minimum absolute atomic E-state index is 0.303. The van der Waals surface area contributed by atoms with E-state index in [9.17, 15) is 0 Å². The molecule has 0 aliphatic carbocycles. The first-order valence-corrected chi connectivity index (χ1v) is 6.58. The van der Waals surface area contributed by atoms with E-state index < -0.39 is 0 Å². The number of fused-ring (bicyclic) bond motifs is 1. The fourth-order valence-corrected chi connectivity index (χ4v) is 2.22. The number of hydrogen-bond donors (Lipinski definition) is 2. The quantitative estimate of drug-likeness (QED) is 0.699. The van der Waals surface area contributed by atoms with E-state index in [2.05, 4.69) is 32.3 Å². The summed E-state index contributed by atoms with van der Waals surface area (Å²) < 4.78 is 6.39. The number of nitrogens with zero attached hydrogens (tertiary/aromatic N) is 2. The number of anilines is 3. The van der Waals surface area contributed by atoms with Crippen LogP contribution in [-0.2, 0) is 0 Å². The maximum atomic E-state index is 9.12. The summed E-state index contributed by atoms with van der Waals surface area (Å²) in [5.74, 6) is 0. The molecule has 0 atom stereocenters. The standard InChI is InChI=1S/C14H9BrN4O/c15-9-4-5-11(8(6-9)7-16)18-14-19-13-10(17)2-1-3-12(13)20-14/h1-6H,17H2,(H,18,19). The zero-order valence-electron chi connectivity index (χ0n) is 10.2. The van der Waals surface area contributed by atoms with Crippen molar-refractivity contribution in [2.24, 2.45) is 0 Å². The van der Waals surface area contributed by atoms with Gasteiger partial charge in [0.05, 0.1) is 16.9 Å². The second-order valence-electron chi connectivity index (χ2n) is 4.14. The van der Waals surface area contributed by atoms with Crippen molar-refractivity contribution in [1.82, 2.24) is 4.98 Å². The molecule has 0 unspecified atom stereocenters. The summed E-state index contributed by atoms with van der Waals surface area (Å²) in [6, 6.07) is 13.1. The van der Waals surface area contributed by atoms with E-state index in [0.717, 1.165) is 4.47 Å². The number of oxazole rings is 1. The summed E-state index contributed by atoms with van der Waals surface area (Å²) in [5.41, 5.74) is 8.70. The number of hydrogen-bond acceptors (Lipinski definition) is 5. The number of benzene rings is 2. The van der Waals surface area contributed by atoms with Gasteiger partial charge in [-0.1, -0.05) is 22.0 Å². The van der Waals surface area contributed by atoms with E-state index in [-0.39, 0.29) is 0 Å². The summed E-state index contributed by atoms with van der Waals surface area (Å²) >= 11 is 3.33.